The molecule has 3 aliphatic heterocycles. The molecule has 2 aromatic rings. The first-order valence-corrected chi connectivity index (χ1v) is 16.4. The van der Waals surface area contributed by atoms with Gasteiger partial charge in [-0.25, -0.2) is 12.8 Å². The Morgan fingerprint density at radius 2 is 1.71 bits per heavy atom. The number of likely N-dealkylation sites (N-methyl/N-ethyl adjacent to an activating group) is 1. The van der Waals surface area contributed by atoms with Crippen LogP contribution < -0.4 is 24.7 Å². The minimum Gasteiger partial charge on any atom is -0.395 e. The van der Waals surface area contributed by atoms with Gasteiger partial charge in [-0.15, -0.1) is 0 Å². The third-order valence-electron chi connectivity index (χ3n) is 9.30. The Morgan fingerprint density at radius 3 is 2.39 bits per heavy atom. The standard InChI is InChI=1S/C30H40FN5O4S/c1-34-11-4-21-18-22(19-27(28(21)34)35-12-5-23(31)6-13-35)29(38)32-25-3-2-24(33-41(39,40)17-16-37)20-26(25)36-14-9-30(7-8-30)10-15-36/h2-3,18-20,23,33,37H,4-17H2,1H3,(H,32,38). The molecule has 2 aromatic carbocycles. The van der Waals surface area contributed by atoms with Gasteiger partial charge in [-0.05, 0) is 86.3 Å². The van der Waals surface area contributed by atoms with Gasteiger partial charge in [-0.1, -0.05) is 0 Å². The van der Waals surface area contributed by atoms with Crippen molar-refractivity contribution in [1.82, 2.24) is 0 Å². The molecule has 3 N–H and O–H groups in total. The van der Waals surface area contributed by atoms with Crippen LogP contribution in [-0.2, 0) is 16.4 Å². The molecule has 11 heteroatoms. The van der Waals surface area contributed by atoms with Gasteiger partial charge in [0.15, 0.2) is 0 Å². The first-order valence-electron chi connectivity index (χ1n) is 14.7. The van der Waals surface area contributed by atoms with Crippen LogP contribution in [0.3, 0.4) is 0 Å². The van der Waals surface area contributed by atoms with Crippen molar-refractivity contribution < 1.29 is 22.7 Å². The van der Waals surface area contributed by atoms with Gasteiger partial charge in [0.1, 0.15) is 6.17 Å². The van der Waals surface area contributed by atoms with Crippen molar-refractivity contribution in [3.8, 4) is 0 Å². The SMILES string of the molecule is CN1CCc2cc(C(=O)Nc3ccc(NS(=O)(=O)CCO)cc3N3CCC4(CC3)CC4)cc(N3CCC(F)CC3)c21. The summed E-state index contributed by atoms with van der Waals surface area (Å²) in [5.74, 6) is -0.610. The molecule has 222 valence electrons. The van der Waals surface area contributed by atoms with E-state index in [0.717, 1.165) is 61.5 Å². The number of hydrogen-bond acceptors (Lipinski definition) is 7. The number of alkyl halides is 1. The zero-order valence-electron chi connectivity index (χ0n) is 23.7. The predicted octanol–water partition coefficient (Wildman–Crippen LogP) is 3.98. The Kier molecular flexibility index (Phi) is 7.52. The number of hydrogen-bond donors (Lipinski definition) is 3. The van der Waals surface area contributed by atoms with E-state index in [1.54, 1.807) is 18.2 Å². The molecule has 41 heavy (non-hydrogen) atoms. The highest BCUT2D eigenvalue weighted by Crippen LogP contribution is 2.54. The van der Waals surface area contributed by atoms with Crippen molar-refractivity contribution >= 4 is 44.4 Å². The van der Waals surface area contributed by atoms with Crippen LogP contribution in [0, 0.1) is 5.41 Å². The van der Waals surface area contributed by atoms with E-state index in [4.69, 9.17) is 5.11 Å². The highest BCUT2D eigenvalue weighted by Gasteiger charge is 2.44. The Bertz CT molecular complexity index is 1410. The summed E-state index contributed by atoms with van der Waals surface area (Å²) in [4.78, 5) is 20.4. The van der Waals surface area contributed by atoms with Gasteiger partial charge in [0.2, 0.25) is 10.0 Å². The summed E-state index contributed by atoms with van der Waals surface area (Å²) >= 11 is 0. The number of nitrogens with one attached hydrogen (secondary N) is 2. The second kappa shape index (κ2) is 11.0. The fraction of sp³-hybridized carbons (Fsp3) is 0.567. The van der Waals surface area contributed by atoms with Crippen molar-refractivity contribution in [2.24, 2.45) is 5.41 Å². The number of rotatable bonds is 8. The monoisotopic (exact) mass is 585 g/mol. The maximum atomic E-state index is 13.9. The Morgan fingerprint density at radius 1 is 1.00 bits per heavy atom. The summed E-state index contributed by atoms with van der Waals surface area (Å²) in [6.07, 6.45) is 5.75. The Labute approximate surface area is 241 Å². The zero-order valence-corrected chi connectivity index (χ0v) is 24.5. The Balaban J connectivity index is 1.29. The fourth-order valence-corrected chi connectivity index (χ4v) is 7.41. The van der Waals surface area contributed by atoms with Gasteiger partial charge in [0.05, 0.1) is 40.8 Å². The lowest BCUT2D eigenvalue weighted by atomic mass is 9.93. The highest BCUT2D eigenvalue weighted by atomic mass is 32.2. The number of amides is 1. The number of aliphatic hydroxyl groups is 1. The molecule has 0 unspecified atom stereocenters. The second-order valence-corrected chi connectivity index (χ2v) is 14.0. The third-order valence-corrected chi connectivity index (χ3v) is 10.6. The van der Waals surface area contributed by atoms with E-state index in [1.165, 1.54) is 12.8 Å². The molecule has 0 atom stereocenters. The van der Waals surface area contributed by atoms with Gasteiger partial charge in [0, 0.05) is 45.3 Å². The van der Waals surface area contributed by atoms with Crippen LogP contribution in [0.4, 0.5) is 32.8 Å². The summed E-state index contributed by atoms with van der Waals surface area (Å²) < 4.78 is 41.2. The molecule has 3 heterocycles. The quantitative estimate of drug-likeness (QED) is 0.431. The van der Waals surface area contributed by atoms with Crippen molar-refractivity contribution in [3.05, 3.63) is 41.5 Å². The molecule has 0 radical (unpaired) electrons. The maximum Gasteiger partial charge on any atom is 0.255 e. The normalized spacial score (nSPS) is 20.3. The van der Waals surface area contributed by atoms with Gasteiger partial charge in [-0.2, -0.15) is 0 Å². The van der Waals surface area contributed by atoms with Gasteiger partial charge >= 0.3 is 0 Å². The summed E-state index contributed by atoms with van der Waals surface area (Å²) in [6.45, 7) is 3.35. The van der Waals surface area contributed by atoms with E-state index >= 15 is 0 Å². The molecule has 6 rings (SSSR count). The number of nitrogens with zero attached hydrogens (tertiary/aromatic N) is 3. The smallest absolute Gasteiger partial charge is 0.255 e. The fourth-order valence-electron chi connectivity index (χ4n) is 6.58. The van der Waals surface area contributed by atoms with Gasteiger partial charge < -0.3 is 25.1 Å². The number of fused-ring (bicyclic) bond motifs is 1. The lowest BCUT2D eigenvalue weighted by molar-refractivity contribution is 0.102. The van der Waals surface area contributed by atoms with E-state index in [1.807, 2.05) is 12.1 Å². The number of benzene rings is 2. The summed E-state index contributed by atoms with van der Waals surface area (Å²) in [6, 6.07) is 9.07. The van der Waals surface area contributed by atoms with Crippen molar-refractivity contribution in [3.63, 3.8) is 0 Å². The topological polar surface area (TPSA) is 105 Å². The summed E-state index contributed by atoms with van der Waals surface area (Å²) in [7, 11) is -1.63. The van der Waals surface area contributed by atoms with E-state index in [0.29, 0.717) is 48.3 Å². The number of carbonyl (C=O) groups is 1. The lowest BCUT2D eigenvalue weighted by Gasteiger charge is -2.35. The van der Waals surface area contributed by atoms with Crippen LogP contribution in [-0.4, -0.2) is 77.7 Å². The van der Waals surface area contributed by atoms with Crippen LogP contribution in [0.5, 0.6) is 0 Å². The lowest BCUT2D eigenvalue weighted by Crippen LogP contribution is -2.35. The largest absolute Gasteiger partial charge is 0.395 e. The van der Waals surface area contributed by atoms with Crippen molar-refractivity contribution in [2.45, 2.75) is 51.1 Å². The van der Waals surface area contributed by atoms with Crippen LogP contribution >= 0.6 is 0 Å². The maximum absolute atomic E-state index is 13.9. The molecule has 1 aliphatic carbocycles. The molecular weight excluding hydrogens is 545 g/mol. The van der Waals surface area contributed by atoms with E-state index in [-0.39, 0.29) is 11.7 Å². The summed E-state index contributed by atoms with van der Waals surface area (Å²) in [5.41, 5.74) is 6.07. The molecule has 9 nitrogen and oxygen atoms in total. The number of aliphatic hydroxyl groups excluding tert-OH is 1. The molecule has 1 amide bonds. The van der Waals surface area contributed by atoms with Crippen LogP contribution in [0.1, 0.15) is 54.4 Å². The minimum absolute atomic E-state index is 0.227. The number of piperidine rings is 2. The predicted molar refractivity (Wildman–Crippen MR) is 162 cm³/mol. The number of halogens is 1. The molecule has 4 aliphatic rings. The Hall–Kier alpha value is -3.05. The van der Waals surface area contributed by atoms with Crippen LogP contribution in [0.25, 0.3) is 0 Å². The van der Waals surface area contributed by atoms with E-state index in [2.05, 4.69) is 31.8 Å². The second-order valence-electron chi connectivity index (χ2n) is 12.2. The number of sulfonamides is 1. The minimum atomic E-state index is -3.69. The molecule has 2 saturated heterocycles. The van der Waals surface area contributed by atoms with E-state index in [9.17, 15) is 17.6 Å². The van der Waals surface area contributed by atoms with Crippen molar-refractivity contribution in [2.75, 3.05) is 76.9 Å². The van der Waals surface area contributed by atoms with Gasteiger partial charge in [-0.3, -0.25) is 9.52 Å². The molecule has 1 saturated carbocycles. The molecule has 0 bridgehead atoms. The average Bonchev–Trinajstić information content (AvgIpc) is 3.60. The third kappa shape index (κ3) is 5.97. The number of anilines is 5. The van der Waals surface area contributed by atoms with Crippen LogP contribution in [0.15, 0.2) is 30.3 Å². The van der Waals surface area contributed by atoms with Gasteiger partial charge in [0.25, 0.3) is 5.91 Å². The van der Waals surface area contributed by atoms with E-state index < -0.39 is 22.8 Å². The molecular formula is C30H40FN5O4S. The average molecular weight is 586 g/mol. The summed E-state index contributed by atoms with van der Waals surface area (Å²) in [5, 5.41) is 12.3. The highest BCUT2D eigenvalue weighted by molar-refractivity contribution is 7.92. The first-order chi connectivity index (χ1) is 19.7. The number of carbonyl (C=O) groups excluding carboxylic acids is 1. The molecule has 1 spiro atoms. The van der Waals surface area contributed by atoms with Crippen molar-refractivity contribution in [1.29, 1.82) is 0 Å². The molecule has 3 fully saturated rings. The zero-order chi connectivity index (χ0) is 28.8. The molecule has 0 aromatic heterocycles. The first kappa shape index (κ1) is 28.1. The van der Waals surface area contributed by atoms with Crippen LogP contribution in [0.2, 0.25) is 0 Å².